The standard InChI is InChI=1S/2C8H7ClO3/c2*9-6-4-2-1-3-5(6)7(10)8(11)12/h2*1-4,7,10H,(H,11,12)/t2*7-/m00/s1. The molecule has 2 rings (SSSR count). The van der Waals surface area contributed by atoms with Gasteiger partial charge in [-0.15, -0.1) is 0 Å². The highest BCUT2D eigenvalue weighted by molar-refractivity contribution is 6.31. The Kier molecular flexibility index (Phi) is 7.67. The summed E-state index contributed by atoms with van der Waals surface area (Å²) in [7, 11) is 0. The van der Waals surface area contributed by atoms with Gasteiger partial charge in [-0.05, 0) is 12.1 Å². The number of hydrogen-bond donors (Lipinski definition) is 4. The fraction of sp³-hybridized carbons (Fsp3) is 0.125. The van der Waals surface area contributed by atoms with Crippen LogP contribution in [0.15, 0.2) is 48.5 Å². The van der Waals surface area contributed by atoms with E-state index in [-0.39, 0.29) is 21.2 Å². The van der Waals surface area contributed by atoms with Gasteiger partial charge in [0, 0.05) is 21.2 Å². The van der Waals surface area contributed by atoms with Crippen LogP contribution in [-0.2, 0) is 9.59 Å². The smallest absolute Gasteiger partial charge is 0.337 e. The van der Waals surface area contributed by atoms with Crippen molar-refractivity contribution < 1.29 is 30.0 Å². The molecule has 0 aliphatic rings. The van der Waals surface area contributed by atoms with Crippen molar-refractivity contribution in [1.29, 1.82) is 0 Å². The van der Waals surface area contributed by atoms with Gasteiger partial charge in [-0.1, -0.05) is 59.6 Å². The van der Waals surface area contributed by atoms with E-state index >= 15 is 0 Å². The van der Waals surface area contributed by atoms with Crippen LogP contribution in [-0.4, -0.2) is 32.4 Å². The first kappa shape index (κ1) is 19.9. The van der Waals surface area contributed by atoms with Gasteiger partial charge in [-0.3, -0.25) is 0 Å². The third-order valence-corrected chi connectivity index (χ3v) is 3.56. The van der Waals surface area contributed by atoms with E-state index in [4.69, 9.17) is 43.6 Å². The maximum absolute atomic E-state index is 10.3. The number of hydrogen-bond acceptors (Lipinski definition) is 4. The molecule has 0 saturated heterocycles. The van der Waals surface area contributed by atoms with Gasteiger partial charge in [0.05, 0.1) is 0 Å². The van der Waals surface area contributed by atoms with Gasteiger partial charge in [-0.25, -0.2) is 9.59 Å². The van der Waals surface area contributed by atoms with Crippen molar-refractivity contribution in [2.75, 3.05) is 0 Å². The first-order valence-electron chi connectivity index (χ1n) is 6.56. The van der Waals surface area contributed by atoms with Gasteiger partial charge in [0.15, 0.2) is 12.2 Å². The fourth-order valence-electron chi connectivity index (χ4n) is 1.66. The van der Waals surface area contributed by atoms with Crippen LogP contribution in [0.25, 0.3) is 0 Å². The summed E-state index contributed by atoms with van der Waals surface area (Å²) >= 11 is 11.3. The van der Waals surface area contributed by atoms with Gasteiger partial charge in [-0.2, -0.15) is 0 Å². The molecule has 0 spiro atoms. The van der Waals surface area contributed by atoms with Crippen LogP contribution in [0.5, 0.6) is 0 Å². The third kappa shape index (κ3) is 5.50. The summed E-state index contributed by atoms with van der Waals surface area (Å²) in [5.41, 5.74) is 0.429. The number of benzene rings is 2. The Morgan fingerprint density at radius 3 is 1.25 bits per heavy atom. The second kappa shape index (κ2) is 9.24. The number of carboxylic acids is 2. The number of aliphatic carboxylic acids is 2. The maximum Gasteiger partial charge on any atom is 0.337 e. The van der Waals surface area contributed by atoms with Crippen molar-refractivity contribution in [3.05, 3.63) is 69.7 Å². The molecule has 0 radical (unpaired) electrons. The predicted molar refractivity (Wildman–Crippen MR) is 88.1 cm³/mol. The van der Waals surface area contributed by atoms with E-state index in [1.54, 1.807) is 24.3 Å². The molecule has 0 bridgehead atoms. The van der Waals surface area contributed by atoms with Crippen LogP contribution >= 0.6 is 23.2 Å². The van der Waals surface area contributed by atoms with Crippen molar-refractivity contribution in [3.8, 4) is 0 Å². The largest absolute Gasteiger partial charge is 0.479 e. The Labute approximate surface area is 147 Å². The Morgan fingerprint density at radius 2 is 1.00 bits per heavy atom. The quantitative estimate of drug-likeness (QED) is 0.655. The van der Waals surface area contributed by atoms with E-state index in [0.717, 1.165) is 0 Å². The number of carbonyl (C=O) groups is 2. The first-order chi connectivity index (χ1) is 11.3. The summed E-state index contributed by atoms with van der Waals surface area (Å²) < 4.78 is 0. The monoisotopic (exact) mass is 372 g/mol. The zero-order valence-corrected chi connectivity index (χ0v) is 13.6. The van der Waals surface area contributed by atoms with Gasteiger partial charge >= 0.3 is 11.9 Å². The lowest BCUT2D eigenvalue weighted by Crippen LogP contribution is -2.10. The van der Waals surface area contributed by atoms with Crippen molar-refractivity contribution in [2.24, 2.45) is 0 Å². The van der Waals surface area contributed by atoms with E-state index in [1.807, 2.05) is 0 Å². The SMILES string of the molecule is O=C(O)[C@@H](O)c1ccccc1Cl.O=C(O)[C@@H](O)c1ccccc1Cl. The van der Waals surface area contributed by atoms with Crippen LogP contribution in [0.1, 0.15) is 23.3 Å². The van der Waals surface area contributed by atoms with Crippen molar-refractivity contribution >= 4 is 35.1 Å². The summed E-state index contributed by atoms with van der Waals surface area (Å²) in [6, 6.07) is 12.6. The highest BCUT2D eigenvalue weighted by atomic mass is 35.5. The minimum Gasteiger partial charge on any atom is -0.479 e. The molecule has 24 heavy (non-hydrogen) atoms. The lowest BCUT2D eigenvalue weighted by molar-refractivity contribution is -0.147. The second-order valence-electron chi connectivity index (χ2n) is 4.52. The molecule has 0 unspecified atom stereocenters. The molecule has 0 fully saturated rings. The van der Waals surface area contributed by atoms with Crippen LogP contribution in [0, 0.1) is 0 Å². The minimum atomic E-state index is -1.54. The minimum absolute atomic E-state index is 0.215. The van der Waals surface area contributed by atoms with E-state index in [1.165, 1.54) is 24.3 Å². The molecule has 4 N–H and O–H groups in total. The summed E-state index contributed by atoms with van der Waals surface area (Å²) in [5, 5.41) is 35.6. The summed E-state index contributed by atoms with van der Waals surface area (Å²) in [4.78, 5) is 20.7. The van der Waals surface area contributed by atoms with Gasteiger partial charge < -0.3 is 20.4 Å². The highest BCUT2D eigenvalue weighted by Crippen LogP contribution is 2.23. The zero-order chi connectivity index (χ0) is 18.3. The Hall–Kier alpha value is -2.12. The Balaban J connectivity index is 0.000000240. The summed E-state index contributed by atoms with van der Waals surface area (Å²) in [6.07, 6.45) is -3.09. The average molecular weight is 373 g/mol. The molecule has 0 aliphatic carbocycles. The van der Waals surface area contributed by atoms with Crippen molar-refractivity contribution in [1.82, 2.24) is 0 Å². The van der Waals surface area contributed by atoms with Crippen molar-refractivity contribution in [2.45, 2.75) is 12.2 Å². The molecule has 0 aromatic heterocycles. The maximum atomic E-state index is 10.3. The van der Waals surface area contributed by atoms with Gasteiger partial charge in [0.1, 0.15) is 0 Å². The first-order valence-corrected chi connectivity index (χ1v) is 7.32. The normalized spacial score (nSPS) is 12.5. The highest BCUT2D eigenvalue weighted by Gasteiger charge is 2.18. The van der Waals surface area contributed by atoms with E-state index in [0.29, 0.717) is 0 Å². The lowest BCUT2D eigenvalue weighted by atomic mass is 10.1. The summed E-state index contributed by atoms with van der Waals surface area (Å²) in [6.45, 7) is 0. The molecule has 0 aliphatic heterocycles. The Morgan fingerprint density at radius 1 is 0.708 bits per heavy atom. The molecule has 2 aromatic rings. The number of aliphatic hydroxyl groups excluding tert-OH is 2. The van der Waals surface area contributed by atoms with E-state index in [2.05, 4.69) is 0 Å². The molecular formula is C16H14Cl2O6. The third-order valence-electron chi connectivity index (χ3n) is 2.87. The second-order valence-corrected chi connectivity index (χ2v) is 5.34. The lowest BCUT2D eigenvalue weighted by Gasteiger charge is -2.06. The Bertz CT molecular complexity index is 658. The van der Waals surface area contributed by atoms with Crippen LogP contribution in [0.4, 0.5) is 0 Å². The van der Waals surface area contributed by atoms with Crippen LogP contribution in [0.2, 0.25) is 10.0 Å². The predicted octanol–water partition coefficient (Wildman–Crippen LogP) is 2.92. The van der Waals surface area contributed by atoms with Crippen LogP contribution < -0.4 is 0 Å². The molecule has 6 nitrogen and oxygen atoms in total. The van der Waals surface area contributed by atoms with Crippen LogP contribution in [0.3, 0.4) is 0 Å². The van der Waals surface area contributed by atoms with Crippen molar-refractivity contribution in [3.63, 3.8) is 0 Å². The fourth-order valence-corrected chi connectivity index (χ4v) is 2.14. The summed E-state index contributed by atoms with van der Waals surface area (Å²) in [5.74, 6) is -2.61. The molecule has 0 heterocycles. The van der Waals surface area contributed by atoms with E-state index < -0.39 is 24.1 Å². The molecular weight excluding hydrogens is 359 g/mol. The number of aliphatic hydroxyl groups is 2. The zero-order valence-electron chi connectivity index (χ0n) is 12.1. The van der Waals surface area contributed by atoms with Gasteiger partial charge in [0.2, 0.25) is 0 Å². The van der Waals surface area contributed by atoms with E-state index in [9.17, 15) is 9.59 Å². The van der Waals surface area contributed by atoms with Gasteiger partial charge in [0.25, 0.3) is 0 Å². The molecule has 128 valence electrons. The molecule has 8 heteroatoms. The average Bonchev–Trinajstić information content (AvgIpc) is 2.55. The topological polar surface area (TPSA) is 115 Å². The molecule has 2 aromatic carbocycles. The molecule has 2 atom stereocenters. The molecule has 0 saturated carbocycles. The number of halogens is 2. The number of rotatable bonds is 4. The molecule has 0 amide bonds. The number of carboxylic acid groups (broad SMARTS) is 2.